The summed E-state index contributed by atoms with van der Waals surface area (Å²) in [6.45, 7) is 4.49. The van der Waals surface area contributed by atoms with Crippen molar-refractivity contribution in [3.63, 3.8) is 0 Å². The normalized spacial score (nSPS) is 19.2. The smallest absolute Gasteiger partial charge is 0.413 e. The molecule has 2 rings (SSSR count). The number of hydrogen-bond acceptors (Lipinski definition) is 6. The van der Waals surface area contributed by atoms with Crippen LogP contribution in [0.4, 0.5) is 4.79 Å². The van der Waals surface area contributed by atoms with Crippen LogP contribution in [0, 0.1) is 5.92 Å². The molecule has 32 heavy (non-hydrogen) atoms. The van der Waals surface area contributed by atoms with Gasteiger partial charge in [0.2, 0.25) is 12.7 Å². The Balaban J connectivity index is 2.10. The Kier molecular flexibility index (Phi) is 9.07. The number of carbonyl (C=O) groups is 4. The zero-order chi connectivity index (χ0) is 23.9. The molecule has 0 spiro atoms. The van der Waals surface area contributed by atoms with Crippen LogP contribution in [-0.2, 0) is 29.4 Å². The van der Waals surface area contributed by atoms with Crippen LogP contribution in [0.3, 0.4) is 0 Å². The van der Waals surface area contributed by atoms with Crippen molar-refractivity contribution in [1.29, 1.82) is 0 Å². The van der Waals surface area contributed by atoms with Crippen LogP contribution < -0.4 is 5.32 Å². The van der Waals surface area contributed by atoms with Gasteiger partial charge in [0.25, 0.3) is 0 Å². The van der Waals surface area contributed by atoms with Crippen molar-refractivity contribution in [2.45, 2.75) is 64.5 Å². The fraction of sp³-hybridized carbons (Fsp3) is 0.565. The molecule has 8 nitrogen and oxygen atoms in total. The highest BCUT2D eigenvalue weighted by Gasteiger charge is 2.48. The lowest BCUT2D eigenvalue weighted by Gasteiger charge is -2.43. The molecular weight excluding hydrogens is 436 g/mol. The summed E-state index contributed by atoms with van der Waals surface area (Å²) in [4.78, 5) is 50.8. The van der Waals surface area contributed by atoms with E-state index >= 15 is 0 Å². The van der Waals surface area contributed by atoms with E-state index < -0.39 is 30.4 Å². The molecule has 0 saturated heterocycles. The van der Waals surface area contributed by atoms with Gasteiger partial charge in [-0.3, -0.25) is 14.5 Å². The molecule has 0 heterocycles. The van der Waals surface area contributed by atoms with Gasteiger partial charge in [0, 0.05) is 31.0 Å². The van der Waals surface area contributed by atoms with E-state index in [2.05, 4.69) is 5.32 Å². The highest BCUT2D eigenvalue weighted by molar-refractivity contribution is 6.31. The number of benzene rings is 1. The topological polar surface area (TPSA) is 102 Å². The Hall–Kier alpha value is -2.61. The van der Waals surface area contributed by atoms with Crippen LogP contribution in [-0.4, -0.2) is 48.5 Å². The van der Waals surface area contributed by atoms with Gasteiger partial charge in [-0.2, -0.15) is 0 Å². The van der Waals surface area contributed by atoms with Crippen molar-refractivity contribution >= 4 is 35.4 Å². The monoisotopic (exact) mass is 466 g/mol. The number of nitrogens with one attached hydrogen (secondary N) is 1. The summed E-state index contributed by atoms with van der Waals surface area (Å²) in [7, 11) is 1.48. The van der Waals surface area contributed by atoms with Crippen LogP contribution in [0.5, 0.6) is 0 Å². The van der Waals surface area contributed by atoms with Gasteiger partial charge in [-0.05, 0) is 37.7 Å². The molecule has 2 atom stereocenters. The minimum Gasteiger partial charge on any atom is -0.426 e. The second kappa shape index (κ2) is 11.3. The van der Waals surface area contributed by atoms with Gasteiger partial charge in [0.05, 0.1) is 0 Å². The van der Waals surface area contributed by atoms with Crippen LogP contribution >= 0.6 is 11.6 Å². The van der Waals surface area contributed by atoms with Gasteiger partial charge in [-0.15, -0.1) is 0 Å². The maximum Gasteiger partial charge on any atom is 0.413 e. The molecule has 2 amide bonds. The van der Waals surface area contributed by atoms with Gasteiger partial charge in [-0.1, -0.05) is 43.6 Å². The zero-order valence-corrected chi connectivity index (χ0v) is 19.7. The summed E-state index contributed by atoms with van der Waals surface area (Å²) in [5.41, 5.74) is -0.695. The fourth-order valence-corrected chi connectivity index (χ4v) is 4.34. The van der Waals surface area contributed by atoms with Gasteiger partial charge in [0.15, 0.2) is 5.78 Å². The van der Waals surface area contributed by atoms with E-state index in [9.17, 15) is 19.2 Å². The van der Waals surface area contributed by atoms with Crippen LogP contribution in [0.1, 0.15) is 58.4 Å². The first kappa shape index (κ1) is 25.6. The summed E-state index contributed by atoms with van der Waals surface area (Å²) < 4.78 is 10.2. The first-order chi connectivity index (χ1) is 15.1. The number of amides is 2. The summed E-state index contributed by atoms with van der Waals surface area (Å²) in [5.74, 6) is -1.03. The molecule has 1 fully saturated rings. The lowest BCUT2D eigenvalue weighted by Crippen LogP contribution is -2.54. The average Bonchev–Trinajstić information content (AvgIpc) is 2.73. The second-order valence-electron chi connectivity index (χ2n) is 8.40. The number of nitrogens with zero attached hydrogens (tertiary/aromatic N) is 1. The minimum atomic E-state index is -1.24. The SMILES string of the molecule is CC(=O)NC(CC(C)C)C(=O)OCOC(=O)N(C)[C@]1(c2ccccc2Cl)CCCCC1=O. The second-order valence-corrected chi connectivity index (χ2v) is 8.81. The van der Waals surface area contributed by atoms with Crippen molar-refractivity contribution in [3.05, 3.63) is 34.9 Å². The van der Waals surface area contributed by atoms with E-state index in [-0.39, 0.29) is 17.6 Å². The summed E-state index contributed by atoms with van der Waals surface area (Å²) in [6.07, 6.45) is 1.80. The molecule has 1 saturated carbocycles. The molecule has 0 aromatic heterocycles. The zero-order valence-electron chi connectivity index (χ0n) is 19.0. The van der Waals surface area contributed by atoms with Gasteiger partial charge < -0.3 is 14.8 Å². The Morgan fingerprint density at radius 1 is 1.19 bits per heavy atom. The van der Waals surface area contributed by atoms with Crippen LogP contribution in [0.2, 0.25) is 5.02 Å². The molecule has 1 aromatic carbocycles. The third kappa shape index (κ3) is 6.00. The Morgan fingerprint density at radius 3 is 2.47 bits per heavy atom. The molecule has 176 valence electrons. The maximum atomic E-state index is 13.1. The molecule has 1 N–H and O–H groups in total. The van der Waals surface area contributed by atoms with Crippen molar-refractivity contribution in [1.82, 2.24) is 10.2 Å². The van der Waals surface area contributed by atoms with E-state index in [1.807, 2.05) is 13.8 Å². The number of esters is 1. The highest BCUT2D eigenvalue weighted by atomic mass is 35.5. The first-order valence-electron chi connectivity index (χ1n) is 10.7. The Bertz CT molecular complexity index is 859. The van der Waals surface area contributed by atoms with E-state index in [1.165, 1.54) is 18.9 Å². The molecule has 0 radical (unpaired) electrons. The molecule has 1 aliphatic carbocycles. The van der Waals surface area contributed by atoms with E-state index in [1.54, 1.807) is 24.3 Å². The van der Waals surface area contributed by atoms with Crippen molar-refractivity contribution in [2.75, 3.05) is 13.8 Å². The third-order valence-corrected chi connectivity index (χ3v) is 5.90. The number of Topliss-reactive ketones (excluding diaryl/α,β-unsaturated/α-hetero) is 1. The number of likely N-dealkylation sites (N-methyl/N-ethyl adjacent to an activating group) is 1. The third-order valence-electron chi connectivity index (χ3n) is 5.57. The lowest BCUT2D eigenvalue weighted by molar-refractivity contribution is -0.157. The van der Waals surface area contributed by atoms with E-state index in [0.29, 0.717) is 29.8 Å². The standard InChI is InChI=1S/C23H31ClN2O6/c1-15(2)13-19(25-16(3)27)21(29)31-14-32-22(30)26(4)23(12-8-7-11-20(23)28)17-9-5-6-10-18(17)24/h5-6,9-10,15,19H,7-8,11-14H2,1-4H3,(H,25,27)/t19?,23-/m0/s1. The molecule has 1 aromatic rings. The van der Waals surface area contributed by atoms with Gasteiger partial charge in [-0.25, -0.2) is 9.59 Å². The molecule has 0 aliphatic heterocycles. The van der Waals surface area contributed by atoms with E-state index in [4.69, 9.17) is 21.1 Å². The number of halogens is 1. The number of carbonyl (C=O) groups excluding carboxylic acids is 4. The predicted octanol–water partition coefficient (Wildman–Crippen LogP) is 3.80. The molecule has 1 aliphatic rings. The summed E-state index contributed by atoms with van der Waals surface area (Å²) in [6, 6.07) is 6.10. The molecule has 1 unspecified atom stereocenters. The number of rotatable bonds is 8. The fourth-order valence-electron chi connectivity index (χ4n) is 4.05. The van der Waals surface area contributed by atoms with Gasteiger partial charge in [0.1, 0.15) is 11.6 Å². The van der Waals surface area contributed by atoms with Gasteiger partial charge >= 0.3 is 12.1 Å². The first-order valence-corrected chi connectivity index (χ1v) is 11.1. The highest BCUT2D eigenvalue weighted by Crippen LogP contribution is 2.42. The summed E-state index contributed by atoms with van der Waals surface area (Å²) >= 11 is 6.39. The largest absolute Gasteiger partial charge is 0.426 e. The van der Waals surface area contributed by atoms with Crippen LogP contribution in [0.25, 0.3) is 0 Å². The summed E-state index contributed by atoms with van der Waals surface area (Å²) in [5, 5.41) is 2.93. The lowest BCUT2D eigenvalue weighted by atomic mass is 9.74. The molecule has 9 heteroatoms. The predicted molar refractivity (Wildman–Crippen MR) is 119 cm³/mol. The molecular formula is C23H31ClN2O6. The number of ether oxygens (including phenoxy) is 2. The maximum absolute atomic E-state index is 13.1. The van der Waals surface area contributed by atoms with E-state index in [0.717, 1.165) is 12.8 Å². The quantitative estimate of drug-likeness (QED) is 0.462. The van der Waals surface area contributed by atoms with Crippen LogP contribution in [0.15, 0.2) is 24.3 Å². The number of ketones is 1. The average molecular weight is 467 g/mol. The Morgan fingerprint density at radius 2 is 1.88 bits per heavy atom. The Labute approximate surface area is 193 Å². The number of hydrogen-bond donors (Lipinski definition) is 1. The molecule has 0 bridgehead atoms. The van der Waals surface area contributed by atoms with Crippen molar-refractivity contribution < 1.29 is 28.7 Å². The van der Waals surface area contributed by atoms with Crippen molar-refractivity contribution in [3.8, 4) is 0 Å². The minimum absolute atomic E-state index is 0.115. The van der Waals surface area contributed by atoms with Crippen molar-refractivity contribution in [2.24, 2.45) is 5.92 Å².